The van der Waals surface area contributed by atoms with E-state index in [4.69, 9.17) is 4.74 Å². The first-order chi connectivity index (χ1) is 11.0. The average molecular weight is 334 g/mol. The highest BCUT2D eigenvalue weighted by Crippen LogP contribution is 2.18. The molecule has 124 valence electrons. The van der Waals surface area contributed by atoms with Gasteiger partial charge in [-0.25, -0.2) is 4.98 Å². The van der Waals surface area contributed by atoms with Gasteiger partial charge in [-0.1, -0.05) is 43.8 Å². The molecule has 7 heteroatoms. The summed E-state index contributed by atoms with van der Waals surface area (Å²) < 4.78 is 5.70. The summed E-state index contributed by atoms with van der Waals surface area (Å²) in [6, 6.07) is 7.81. The van der Waals surface area contributed by atoms with Crippen molar-refractivity contribution in [1.29, 1.82) is 0 Å². The highest BCUT2D eigenvalue weighted by molar-refractivity contribution is 7.99. The third kappa shape index (κ3) is 5.94. The predicted octanol–water partition coefficient (Wildman–Crippen LogP) is 2.56. The van der Waals surface area contributed by atoms with Gasteiger partial charge in [0.25, 0.3) is 0 Å². The molecule has 2 aromatic rings. The summed E-state index contributed by atoms with van der Waals surface area (Å²) >= 11 is 1.30. The summed E-state index contributed by atoms with van der Waals surface area (Å²) in [5.74, 6) is 2.20. The van der Waals surface area contributed by atoms with Crippen molar-refractivity contribution in [2.75, 3.05) is 12.3 Å². The van der Waals surface area contributed by atoms with Crippen LogP contribution in [0.5, 0.6) is 5.75 Å². The van der Waals surface area contributed by atoms with E-state index < -0.39 is 0 Å². The lowest BCUT2D eigenvalue weighted by molar-refractivity contribution is -0.118. The topological polar surface area (TPSA) is 79.9 Å². The van der Waals surface area contributed by atoms with Gasteiger partial charge >= 0.3 is 0 Å². The second-order valence-corrected chi connectivity index (χ2v) is 6.55. The van der Waals surface area contributed by atoms with Crippen LogP contribution in [0, 0.1) is 12.8 Å². The Balaban J connectivity index is 1.77. The van der Waals surface area contributed by atoms with Crippen LogP contribution in [-0.2, 0) is 11.4 Å². The SMILES string of the molecule is Cc1ccccc1OCc1nc(SCC(=O)NCC(C)C)n[nH]1. The summed E-state index contributed by atoms with van der Waals surface area (Å²) in [4.78, 5) is 16.0. The Labute approximate surface area is 140 Å². The lowest BCUT2D eigenvalue weighted by Gasteiger charge is -2.06. The van der Waals surface area contributed by atoms with Crippen LogP contribution in [0.25, 0.3) is 0 Å². The largest absolute Gasteiger partial charge is 0.485 e. The molecular formula is C16H22N4O2S. The molecule has 0 aliphatic carbocycles. The van der Waals surface area contributed by atoms with Gasteiger partial charge in [-0.2, -0.15) is 0 Å². The number of nitrogens with zero attached hydrogens (tertiary/aromatic N) is 2. The molecule has 0 bridgehead atoms. The molecule has 0 aliphatic rings. The quantitative estimate of drug-likeness (QED) is 0.725. The summed E-state index contributed by atoms with van der Waals surface area (Å²) in [6.45, 7) is 7.11. The van der Waals surface area contributed by atoms with Crippen LogP contribution >= 0.6 is 11.8 Å². The van der Waals surface area contributed by atoms with E-state index in [2.05, 4.69) is 34.3 Å². The number of carbonyl (C=O) groups excluding carboxylic acids is 1. The Bertz CT molecular complexity index is 643. The molecule has 1 heterocycles. The first kappa shape index (κ1) is 17.3. The van der Waals surface area contributed by atoms with Crippen LogP contribution in [0.3, 0.4) is 0 Å². The molecule has 0 aliphatic heterocycles. The maximum atomic E-state index is 11.7. The van der Waals surface area contributed by atoms with E-state index in [1.807, 2.05) is 31.2 Å². The van der Waals surface area contributed by atoms with E-state index in [0.29, 0.717) is 35.8 Å². The summed E-state index contributed by atoms with van der Waals surface area (Å²) in [5, 5.41) is 10.3. The maximum absolute atomic E-state index is 11.7. The van der Waals surface area contributed by atoms with Crippen LogP contribution in [0.1, 0.15) is 25.2 Å². The molecule has 0 atom stereocenters. The average Bonchev–Trinajstić information content (AvgIpc) is 2.98. The van der Waals surface area contributed by atoms with E-state index in [9.17, 15) is 4.79 Å². The fraction of sp³-hybridized carbons (Fsp3) is 0.438. The molecule has 1 amide bonds. The van der Waals surface area contributed by atoms with Gasteiger partial charge in [0, 0.05) is 6.54 Å². The number of benzene rings is 1. The van der Waals surface area contributed by atoms with Gasteiger partial charge < -0.3 is 10.1 Å². The number of aromatic nitrogens is 3. The van der Waals surface area contributed by atoms with Crippen molar-refractivity contribution in [1.82, 2.24) is 20.5 Å². The molecule has 0 unspecified atom stereocenters. The van der Waals surface area contributed by atoms with Crippen LogP contribution in [0.2, 0.25) is 0 Å². The Hall–Kier alpha value is -2.02. The van der Waals surface area contributed by atoms with Crippen LogP contribution in [0.4, 0.5) is 0 Å². The van der Waals surface area contributed by atoms with Gasteiger partial charge in [-0.15, -0.1) is 5.10 Å². The van der Waals surface area contributed by atoms with Gasteiger partial charge in [0.1, 0.15) is 12.4 Å². The number of aryl methyl sites for hydroxylation is 1. The molecule has 0 fully saturated rings. The van der Waals surface area contributed by atoms with Crippen LogP contribution in [-0.4, -0.2) is 33.4 Å². The predicted molar refractivity (Wildman–Crippen MR) is 90.5 cm³/mol. The molecule has 1 aromatic heterocycles. The zero-order valence-corrected chi connectivity index (χ0v) is 14.4. The lowest BCUT2D eigenvalue weighted by Crippen LogP contribution is -2.28. The molecule has 0 saturated carbocycles. The summed E-state index contributed by atoms with van der Waals surface area (Å²) in [5.41, 5.74) is 1.07. The Morgan fingerprint density at radius 3 is 2.91 bits per heavy atom. The fourth-order valence-electron chi connectivity index (χ4n) is 1.77. The van der Waals surface area contributed by atoms with Crippen molar-refractivity contribution in [3.8, 4) is 5.75 Å². The summed E-state index contributed by atoms with van der Waals surface area (Å²) in [6.07, 6.45) is 0. The molecule has 2 N–H and O–H groups in total. The number of aromatic amines is 1. The number of H-pyrrole nitrogens is 1. The number of carbonyl (C=O) groups is 1. The lowest BCUT2D eigenvalue weighted by atomic mass is 10.2. The minimum Gasteiger partial charge on any atom is -0.485 e. The van der Waals surface area contributed by atoms with Gasteiger partial charge in [0.05, 0.1) is 5.75 Å². The van der Waals surface area contributed by atoms with Crippen LogP contribution in [0.15, 0.2) is 29.4 Å². The number of para-hydroxylation sites is 1. The standard InChI is InChI=1S/C16H22N4O2S/c1-11(2)8-17-15(21)10-23-16-18-14(19-20-16)9-22-13-7-5-4-6-12(13)3/h4-7,11H,8-10H2,1-3H3,(H,17,21)(H,18,19,20). The minimum atomic E-state index is -0.00814. The molecule has 0 saturated heterocycles. The Morgan fingerprint density at radius 2 is 2.17 bits per heavy atom. The number of nitrogens with one attached hydrogen (secondary N) is 2. The normalized spacial score (nSPS) is 10.8. The molecule has 1 aromatic carbocycles. The van der Waals surface area contributed by atoms with E-state index in [1.54, 1.807) is 0 Å². The Morgan fingerprint density at radius 1 is 1.39 bits per heavy atom. The number of amides is 1. The van der Waals surface area contributed by atoms with Crippen LogP contribution < -0.4 is 10.1 Å². The van der Waals surface area contributed by atoms with Crippen molar-refractivity contribution in [3.63, 3.8) is 0 Å². The second-order valence-electron chi connectivity index (χ2n) is 5.61. The molecule has 0 spiro atoms. The van der Waals surface area contributed by atoms with Gasteiger partial charge in [-0.3, -0.25) is 9.89 Å². The van der Waals surface area contributed by atoms with Crippen molar-refractivity contribution in [2.24, 2.45) is 5.92 Å². The van der Waals surface area contributed by atoms with Crippen molar-refractivity contribution >= 4 is 17.7 Å². The van der Waals surface area contributed by atoms with Gasteiger partial charge in [0.2, 0.25) is 11.1 Å². The van der Waals surface area contributed by atoms with Gasteiger partial charge in [-0.05, 0) is 24.5 Å². The third-order valence-electron chi connectivity index (χ3n) is 3.01. The van der Waals surface area contributed by atoms with Crippen molar-refractivity contribution in [3.05, 3.63) is 35.7 Å². The van der Waals surface area contributed by atoms with E-state index >= 15 is 0 Å². The van der Waals surface area contributed by atoms with E-state index in [0.717, 1.165) is 11.3 Å². The van der Waals surface area contributed by atoms with E-state index in [1.165, 1.54) is 11.8 Å². The Kier molecular flexibility index (Phi) is 6.46. The number of rotatable bonds is 8. The third-order valence-corrected chi connectivity index (χ3v) is 3.86. The molecule has 6 nitrogen and oxygen atoms in total. The van der Waals surface area contributed by atoms with Crippen molar-refractivity contribution in [2.45, 2.75) is 32.5 Å². The van der Waals surface area contributed by atoms with Crippen molar-refractivity contribution < 1.29 is 9.53 Å². The fourth-order valence-corrected chi connectivity index (χ4v) is 2.42. The minimum absolute atomic E-state index is 0.00814. The smallest absolute Gasteiger partial charge is 0.230 e. The highest BCUT2D eigenvalue weighted by Gasteiger charge is 2.09. The number of ether oxygens (including phenoxy) is 1. The first-order valence-electron chi connectivity index (χ1n) is 7.54. The summed E-state index contributed by atoms with van der Waals surface area (Å²) in [7, 11) is 0. The zero-order chi connectivity index (χ0) is 16.7. The molecule has 2 rings (SSSR count). The maximum Gasteiger partial charge on any atom is 0.230 e. The monoisotopic (exact) mass is 334 g/mol. The highest BCUT2D eigenvalue weighted by atomic mass is 32.2. The number of hydrogen-bond donors (Lipinski definition) is 2. The second kappa shape index (κ2) is 8.57. The number of thioether (sulfide) groups is 1. The molecular weight excluding hydrogens is 312 g/mol. The zero-order valence-electron chi connectivity index (χ0n) is 13.6. The first-order valence-corrected chi connectivity index (χ1v) is 8.52. The van der Waals surface area contributed by atoms with Gasteiger partial charge in [0.15, 0.2) is 5.82 Å². The molecule has 23 heavy (non-hydrogen) atoms. The molecule has 0 radical (unpaired) electrons. The van der Waals surface area contributed by atoms with E-state index in [-0.39, 0.29) is 5.91 Å². The number of hydrogen-bond acceptors (Lipinski definition) is 5.